The highest BCUT2D eigenvalue weighted by molar-refractivity contribution is 6.30. The number of benzene rings is 3. The minimum atomic E-state index is -1.09. The van der Waals surface area contributed by atoms with Crippen LogP contribution in [0.2, 0.25) is 5.02 Å². The van der Waals surface area contributed by atoms with E-state index in [0.29, 0.717) is 47.2 Å². The van der Waals surface area contributed by atoms with Crippen molar-refractivity contribution in [1.82, 2.24) is 5.32 Å². The number of rotatable bonds is 13. The lowest BCUT2D eigenvalue weighted by Gasteiger charge is -2.32. The molecule has 0 radical (unpaired) electrons. The lowest BCUT2D eigenvalue weighted by atomic mass is 9.91. The van der Waals surface area contributed by atoms with Crippen molar-refractivity contribution in [3.05, 3.63) is 93.5 Å². The molecule has 3 aromatic carbocycles. The van der Waals surface area contributed by atoms with Crippen LogP contribution in [0.5, 0.6) is 5.75 Å². The third kappa shape index (κ3) is 8.84. The van der Waals surface area contributed by atoms with E-state index in [1.165, 1.54) is 0 Å². The highest BCUT2D eigenvalue weighted by Crippen LogP contribution is 2.42. The van der Waals surface area contributed by atoms with Crippen LogP contribution in [0.4, 0.5) is 5.69 Å². The molecule has 3 N–H and O–H groups in total. The number of carboxylic acids is 1. The number of carboxylic acid groups (broad SMARTS) is 1. The third-order valence-electron chi connectivity index (χ3n) is 7.91. The molecule has 0 spiro atoms. The smallest absolute Gasteiger partial charge is 0.307 e. The molecule has 2 amide bonds. The molecule has 2 atom stereocenters. The van der Waals surface area contributed by atoms with Crippen molar-refractivity contribution in [1.29, 1.82) is 0 Å². The number of aliphatic hydroxyl groups is 1. The quantitative estimate of drug-likeness (QED) is 0.215. The van der Waals surface area contributed by atoms with Gasteiger partial charge in [0.15, 0.2) is 0 Å². The third-order valence-corrected chi connectivity index (χ3v) is 8.14. The summed E-state index contributed by atoms with van der Waals surface area (Å²) in [6, 6.07) is 18.1. The highest BCUT2D eigenvalue weighted by Gasteiger charge is 2.40. The van der Waals surface area contributed by atoms with E-state index in [-0.39, 0.29) is 37.8 Å². The van der Waals surface area contributed by atoms with Crippen molar-refractivity contribution in [3.8, 4) is 5.75 Å². The minimum Gasteiger partial charge on any atom is -0.494 e. The van der Waals surface area contributed by atoms with Crippen molar-refractivity contribution >= 4 is 35.1 Å². The number of ether oxygens (including phenoxy) is 2. The van der Waals surface area contributed by atoms with Crippen LogP contribution in [0.1, 0.15) is 60.6 Å². The van der Waals surface area contributed by atoms with Gasteiger partial charge in [-0.15, -0.1) is 0 Å². The number of carbonyl (C=O) groups excluding carboxylic acids is 2. The summed E-state index contributed by atoms with van der Waals surface area (Å²) < 4.78 is 12.3. The predicted octanol–water partition coefficient (Wildman–Crippen LogP) is 5.40. The number of amides is 2. The first-order chi connectivity index (χ1) is 21.4. The van der Waals surface area contributed by atoms with Crippen LogP contribution in [0.25, 0.3) is 0 Å². The van der Waals surface area contributed by atoms with Gasteiger partial charge in [0.25, 0.3) is 5.91 Å². The van der Waals surface area contributed by atoms with Crippen LogP contribution < -0.4 is 15.0 Å². The number of nitrogens with zero attached hydrogens (tertiary/aromatic N) is 1. The maximum atomic E-state index is 14.1. The molecule has 240 valence electrons. The lowest BCUT2D eigenvalue weighted by Crippen LogP contribution is -2.46. The van der Waals surface area contributed by atoms with Gasteiger partial charge in [-0.3, -0.25) is 14.4 Å². The number of aryl methyl sites for hydroxylation is 1. The first-order valence-electron chi connectivity index (χ1n) is 15.0. The van der Waals surface area contributed by atoms with Gasteiger partial charge in [-0.25, -0.2) is 0 Å². The van der Waals surface area contributed by atoms with E-state index in [1.807, 2.05) is 45.9 Å². The minimum absolute atomic E-state index is 0.0539. The Labute approximate surface area is 269 Å². The molecule has 10 heteroatoms. The number of carbonyl (C=O) groups is 3. The average molecular weight is 637 g/mol. The summed E-state index contributed by atoms with van der Waals surface area (Å²) in [5.41, 5.74) is 4.39. The molecule has 9 nitrogen and oxygen atoms in total. The van der Waals surface area contributed by atoms with Crippen LogP contribution in [0, 0.1) is 19.3 Å². The number of fused-ring (bicyclic) bond motifs is 1. The van der Waals surface area contributed by atoms with Gasteiger partial charge in [0.05, 0.1) is 19.4 Å². The Bertz CT molecular complexity index is 1520. The highest BCUT2D eigenvalue weighted by atomic mass is 35.5. The van der Waals surface area contributed by atoms with Crippen molar-refractivity contribution < 1.29 is 34.1 Å². The Morgan fingerprint density at radius 3 is 2.49 bits per heavy atom. The van der Waals surface area contributed by atoms with Gasteiger partial charge in [-0.2, -0.15) is 0 Å². The molecule has 0 fully saturated rings. The normalized spacial score (nSPS) is 16.6. The Morgan fingerprint density at radius 2 is 1.80 bits per heavy atom. The summed E-state index contributed by atoms with van der Waals surface area (Å²) in [6.07, 6.45) is -1.46. The summed E-state index contributed by atoms with van der Waals surface area (Å²) >= 11 is 6.47. The molecule has 0 bridgehead atoms. The van der Waals surface area contributed by atoms with Crippen LogP contribution in [-0.2, 0) is 25.5 Å². The van der Waals surface area contributed by atoms with Crippen LogP contribution in [0.15, 0.2) is 60.7 Å². The molecule has 0 unspecified atom stereocenters. The van der Waals surface area contributed by atoms with Crippen molar-refractivity contribution in [3.63, 3.8) is 0 Å². The van der Waals surface area contributed by atoms with E-state index < -0.39 is 23.6 Å². The monoisotopic (exact) mass is 636 g/mol. The Morgan fingerprint density at radius 1 is 1.07 bits per heavy atom. The van der Waals surface area contributed by atoms with Gasteiger partial charge in [-0.05, 0) is 72.9 Å². The molecule has 3 aromatic rings. The van der Waals surface area contributed by atoms with Crippen LogP contribution in [0.3, 0.4) is 0 Å². The zero-order valence-corrected chi connectivity index (χ0v) is 26.9. The van der Waals surface area contributed by atoms with Crippen molar-refractivity contribution in [2.45, 2.75) is 59.2 Å². The summed E-state index contributed by atoms with van der Waals surface area (Å²) in [4.78, 5) is 39.7. The zero-order valence-electron chi connectivity index (χ0n) is 26.1. The van der Waals surface area contributed by atoms with Crippen molar-refractivity contribution in [2.75, 3.05) is 31.2 Å². The molecular formula is C35H41ClN2O7. The fraction of sp³-hybridized carbons (Fsp3) is 0.400. The Balaban J connectivity index is 1.49. The largest absolute Gasteiger partial charge is 0.494 e. The SMILES string of the molecule is Cc1cccc([C@H]2O[C@H](CC(=O)NCCCOc3ccc(CC(=O)O)cc3)C(=O)N(CC(C)(C)CO)c3ccc(Cl)cc32)c1C. The van der Waals surface area contributed by atoms with Crippen LogP contribution in [-0.4, -0.2) is 60.4 Å². The molecule has 0 saturated carbocycles. The zero-order chi connectivity index (χ0) is 32.7. The molecule has 1 heterocycles. The van der Waals surface area contributed by atoms with E-state index in [1.54, 1.807) is 47.4 Å². The Kier molecular flexibility index (Phi) is 11.3. The van der Waals surface area contributed by atoms with Crippen molar-refractivity contribution in [2.24, 2.45) is 5.41 Å². The lowest BCUT2D eigenvalue weighted by molar-refractivity contribution is -0.138. The molecule has 1 aliphatic rings. The summed E-state index contributed by atoms with van der Waals surface area (Å²) in [6.45, 7) is 8.51. The van der Waals surface area contributed by atoms with E-state index >= 15 is 0 Å². The first kappa shape index (κ1) is 34.0. The fourth-order valence-electron chi connectivity index (χ4n) is 5.25. The molecule has 1 aliphatic heterocycles. The number of halogens is 1. The molecular weight excluding hydrogens is 596 g/mol. The number of hydrogen-bond donors (Lipinski definition) is 3. The summed E-state index contributed by atoms with van der Waals surface area (Å²) in [5.74, 6) is -0.989. The van der Waals surface area contributed by atoms with Gasteiger partial charge in [0.2, 0.25) is 5.91 Å². The van der Waals surface area contributed by atoms with Crippen LogP contribution >= 0.6 is 11.6 Å². The fourth-order valence-corrected chi connectivity index (χ4v) is 5.43. The second-order valence-electron chi connectivity index (χ2n) is 12.2. The summed E-state index contributed by atoms with van der Waals surface area (Å²) in [7, 11) is 0. The predicted molar refractivity (Wildman–Crippen MR) is 173 cm³/mol. The topological polar surface area (TPSA) is 125 Å². The van der Waals surface area contributed by atoms with E-state index in [0.717, 1.165) is 16.7 Å². The van der Waals surface area contributed by atoms with Gasteiger partial charge in [0, 0.05) is 41.4 Å². The molecule has 45 heavy (non-hydrogen) atoms. The number of aliphatic carboxylic acids is 1. The van der Waals surface area contributed by atoms with E-state index in [2.05, 4.69) is 5.32 Å². The number of aliphatic hydroxyl groups excluding tert-OH is 1. The second kappa shape index (κ2) is 14.9. The number of nitrogens with one attached hydrogen (secondary N) is 1. The maximum Gasteiger partial charge on any atom is 0.307 e. The van der Waals surface area contributed by atoms with Gasteiger partial charge < -0.3 is 29.9 Å². The first-order valence-corrected chi connectivity index (χ1v) is 15.4. The molecule has 0 aromatic heterocycles. The molecule has 0 aliphatic carbocycles. The Hall–Kier alpha value is -3.92. The number of hydrogen-bond acceptors (Lipinski definition) is 6. The molecule has 4 rings (SSSR count). The standard InChI is InChI=1S/C35H41ClN2O7/c1-22-7-5-8-27(23(22)2)33-28-18-25(36)11-14-29(28)38(20-35(3,4)21-39)34(43)30(45-33)19-31(40)37-15-6-16-44-26-12-9-24(10-13-26)17-32(41)42/h5,7-14,18,30,33,39H,6,15-17,19-21H2,1-4H3,(H,37,40)(H,41,42)/t30-,33-/m1/s1. The van der Waals surface area contributed by atoms with Gasteiger partial charge in [0.1, 0.15) is 18.0 Å². The number of anilines is 1. The second-order valence-corrected chi connectivity index (χ2v) is 12.7. The summed E-state index contributed by atoms with van der Waals surface area (Å²) in [5, 5.41) is 22.3. The van der Waals surface area contributed by atoms with Gasteiger partial charge >= 0.3 is 5.97 Å². The van der Waals surface area contributed by atoms with E-state index in [4.69, 9.17) is 26.2 Å². The van der Waals surface area contributed by atoms with Gasteiger partial charge in [-0.1, -0.05) is 55.8 Å². The van der Waals surface area contributed by atoms with E-state index in [9.17, 15) is 19.5 Å². The average Bonchev–Trinajstić information content (AvgIpc) is 3.09. The maximum absolute atomic E-state index is 14.1. The molecule has 0 saturated heterocycles.